The Balaban J connectivity index is 2.58. The zero-order valence-corrected chi connectivity index (χ0v) is 9.16. The number of hydrogen-bond acceptors (Lipinski definition) is 3. The second-order valence-corrected chi connectivity index (χ2v) is 3.64. The van der Waals surface area contributed by atoms with Crippen molar-refractivity contribution in [3.63, 3.8) is 0 Å². The van der Waals surface area contributed by atoms with E-state index in [9.17, 15) is 4.79 Å². The van der Waals surface area contributed by atoms with Gasteiger partial charge in [-0.05, 0) is 25.0 Å². The van der Waals surface area contributed by atoms with E-state index in [0.29, 0.717) is 12.1 Å². The highest BCUT2D eigenvalue weighted by Crippen LogP contribution is 2.08. The number of aromatic nitrogens is 1. The molecule has 4 heteroatoms. The van der Waals surface area contributed by atoms with Crippen LogP contribution in [0, 0.1) is 6.92 Å². The van der Waals surface area contributed by atoms with Crippen molar-refractivity contribution in [2.45, 2.75) is 32.7 Å². The molecule has 82 valence electrons. The van der Waals surface area contributed by atoms with Gasteiger partial charge in [-0.25, -0.2) is 0 Å². The van der Waals surface area contributed by atoms with Gasteiger partial charge in [0.2, 0.25) is 5.91 Å². The number of rotatable bonds is 4. The molecule has 0 spiro atoms. The van der Waals surface area contributed by atoms with E-state index in [1.54, 1.807) is 12.4 Å². The monoisotopic (exact) mass is 207 g/mol. The maximum absolute atomic E-state index is 11.5. The zero-order chi connectivity index (χ0) is 11.3. The lowest BCUT2D eigenvalue weighted by Crippen LogP contribution is -2.35. The van der Waals surface area contributed by atoms with E-state index in [-0.39, 0.29) is 5.91 Å². The van der Waals surface area contributed by atoms with Crippen molar-refractivity contribution in [1.82, 2.24) is 4.98 Å². The van der Waals surface area contributed by atoms with Crippen LogP contribution in [0.3, 0.4) is 0 Å². The van der Waals surface area contributed by atoms with Crippen LogP contribution in [-0.4, -0.2) is 16.9 Å². The predicted octanol–water partition coefficient (Wildman–Crippen LogP) is 1.46. The van der Waals surface area contributed by atoms with Gasteiger partial charge >= 0.3 is 0 Å². The molecule has 1 aromatic heterocycles. The minimum atomic E-state index is -0.435. The van der Waals surface area contributed by atoms with Gasteiger partial charge in [-0.3, -0.25) is 9.78 Å². The van der Waals surface area contributed by atoms with Crippen molar-refractivity contribution in [3.8, 4) is 0 Å². The first-order valence-corrected chi connectivity index (χ1v) is 5.11. The summed E-state index contributed by atoms with van der Waals surface area (Å²) in [7, 11) is 0. The number of nitrogens with two attached hydrogens (primary N) is 1. The Labute approximate surface area is 89.9 Å². The number of carbonyl (C=O) groups is 1. The van der Waals surface area contributed by atoms with Crippen molar-refractivity contribution < 1.29 is 4.79 Å². The Morgan fingerprint density at radius 2 is 2.33 bits per heavy atom. The number of carbonyl (C=O) groups excluding carboxylic acids is 1. The van der Waals surface area contributed by atoms with Crippen LogP contribution < -0.4 is 11.1 Å². The van der Waals surface area contributed by atoms with Crippen molar-refractivity contribution in [1.29, 1.82) is 0 Å². The fourth-order valence-corrected chi connectivity index (χ4v) is 1.30. The molecular formula is C11H17N3O. The van der Waals surface area contributed by atoms with Gasteiger partial charge in [0.05, 0.1) is 17.9 Å². The van der Waals surface area contributed by atoms with E-state index >= 15 is 0 Å². The highest BCUT2D eigenvalue weighted by molar-refractivity contribution is 5.94. The van der Waals surface area contributed by atoms with Gasteiger partial charge in [0, 0.05) is 6.20 Å². The lowest BCUT2D eigenvalue weighted by Gasteiger charge is -2.10. The Morgan fingerprint density at radius 3 is 2.93 bits per heavy atom. The fraction of sp³-hybridized carbons (Fsp3) is 0.455. The van der Waals surface area contributed by atoms with E-state index in [4.69, 9.17) is 5.73 Å². The molecule has 0 aliphatic rings. The molecule has 1 heterocycles. The van der Waals surface area contributed by atoms with Crippen LogP contribution in [0.5, 0.6) is 0 Å². The lowest BCUT2D eigenvalue weighted by molar-refractivity contribution is -0.117. The van der Waals surface area contributed by atoms with Crippen LogP contribution in [0.1, 0.15) is 25.3 Å². The number of pyridine rings is 1. The van der Waals surface area contributed by atoms with Gasteiger partial charge in [0.1, 0.15) is 0 Å². The van der Waals surface area contributed by atoms with Gasteiger partial charge in [-0.2, -0.15) is 0 Å². The number of hydrogen-bond donors (Lipinski definition) is 2. The van der Waals surface area contributed by atoms with E-state index in [1.165, 1.54) is 0 Å². The van der Waals surface area contributed by atoms with Crippen molar-refractivity contribution >= 4 is 11.6 Å². The third-order valence-corrected chi connectivity index (χ3v) is 2.08. The molecule has 0 bridgehead atoms. The molecule has 0 aliphatic heterocycles. The van der Waals surface area contributed by atoms with E-state index in [2.05, 4.69) is 10.3 Å². The molecule has 3 N–H and O–H groups in total. The van der Waals surface area contributed by atoms with Gasteiger partial charge in [0.15, 0.2) is 0 Å². The zero-order valence-electron chi connectivity index (χ0n) is 9.16. The average Bonchev–Trinajstić information content (AvgIpc) is 2.18. The molecule has 0 aromatic carbocycles. The molecule has 4 nitrogen and oxygen atoms in total. The Bertz CT molecular complexity index is 338. The van der Waals surface area contributed by atoms with E-state index < -0.39 is 6.04 Å². The first kappa shape index (κ1) is 11.7. The quantitative estimate of drug-likeness (QED) is 0.785. The average molecular weight is 207 g/mol. The minimum Gasteiger partial charge on any atom is -0.323 e. The van der Waals surface area contributed by atoms with Crippen LogP contribution in [-0.2, 0) is 4.79 Å². The third-order valence-electron chi connectivity index (χ3n) is 2.08. The maximum Gasteiger partial charge on any atom is 0.241 e. The Morgan fingerprint density at radius 1 is 1.60 bits per heavy atom. The number of anilines is 1. The largest absolute Gasteiger partial charge is 0.323 e. The molecule has 0 unspecified atom stereocenters. The van der Waals surface area contributed by atoms with Gasteiger partial charge in [-0.15, -0.1) is 0 Å². The van der Waals surface area contributed by atoms with Crippen LogP contribution in [0.2, 0.25) is 0 Å². The summed E-state index contributed by atoms with van der Waals surface area (Å²) in [6.07, 6.45) is 4.96. The molecule has 0 radical (unpaired) electrons. The molecule has 1 atom stereocenters. The van der Waals surface area contributed by atoms with E-state index in [1.807, 2.05) is 19.9 Å². The summed E-state index contributed by atoms with van der Waals surface area (Å²) in [5.74, 6) is -0.149. The smallest absolute Gasteiger partial charge is 0.241 e. The number of amides is 1. The molecule has 1 aromatic rings. The van der Waals surface area contributed by atoms with E-state index in [0.717, 1.165) is 12.0 Å². The van der Waals surface area contributed by atoms with Crippen molar-refractivity contribution in [2.24, 2.45) is 5.73 Å². The van der Waals surface area contributed by atoms with Gasteiger partial charge in [0.25, 0.3) is 0 Å². The SMILES string of the molecule is CCC[C@H](N)C(=O)Nc1cncc(C)c1. The number of nitrogens with one attached hydrogen (secondary N) is 1. The molecule has 0 saturated carbocycles. The second kappa shape index (κ2) is 5.46. The summed E-state index contributed by atoms with van der Waals surface area (Å²) in [6.45, 7) is 3.93. The molecule has 0 aliphatic carbocycles. The number of aryl methyl sites for hydroxylation is 1. The minimum absolute atomic E-state index is 0.149. The molecule has 0 saturated heterocycles. The highest BCUT2D eigenvalue weighted by atomic mass is 16.2. The summed E-state index contributed by atoms with van der Waals surface area (Å²) < 4.78 is 0. The second-order valence-electron chi connectivity index (χ2n) is 3.64. The summed E-state index contributed by atoms with van der Waals surface area (Å²) in [5, 5.41) is 2.74. The van der Waals surface area contributed by atoms with Crippen molar-refractivity contribution in [3.05, 3.63) is 24.0 Å². The summed E-state index contributed by atoms with van der Waals surface area (Å²) in [4.78, 5) is 15.5. The Hall–Kier alpha value is -1.42. The molecule has 15 heavy (non-hydrogen) atoms. The van der Waals surface area contributed by atoms with Crippen LogP contribution in [0.25, 0.3) is 0 Å². The first-order chi connectivity index (χ1) is 7.13. The van der Waals surface area contributed by atoms with Crippen LogP contribution in [0.15, 0.2) is 18.5 Å². The van der Waals surface area contributed by atoms with Gasteiger partial charge < -0.3 is 11.1 Å². The van der Waals surface area contributed by atoms with Crippen LogP contribution >= 0.6 is 0 Å². The third kappa shape index (κ3) is 3.67. The molecule has 1 rings (SSSR count). The molecule has 1 amide bonds. The van der Waals surface area contributed by atoms with Crippen LogP contribution in [0.4, 0.5) is 5.69 Å². The summed E-state index contributed by atoms with van der Waals surface area (Å²) >= 11 is 0. The fourth-order valence-electron chi connectivity index (χ4n) is 1.30. The lowest BCUT2D eigenvalue weighted by atomic mass is 10.1. The highest BCUT2D eigenvalue weighted by Gasteiger charge is 2.12. The Kier molecular flexibility index (Phi) is 4.24. The van der Waals surface area contributed by atoms with Gasteiger partial charge in [-0.1, -0.05) is 13.3 Å². The first-order valence-electron chi connectivity index (χ1n) is 5.11. The maximum atomic E-state index is 11.5. The van der Waals surface area contributed by atoms with Crippen molar-refractivity contribution in [2.75, 3.05) is 5.32 Å². The predicted molar refractivity (Wildman–Crippen MR) is 60.5 cm³/mol. The summed E-state index contributed by atoms with van der Waals surface area (Å²) in [5.41, 5.74) is 7.39. The standard InChI is InChI=1S/C11H17N3O/c1-3-4-10(12)11(15)14-9-5-8(2)6-13-7-9/h5-7,10H,3-4,12H2,1-2H3,(H,14,15)/t10-/m0/s1. The topological polar surface area (TPSA) is 68.0 Å². The number of nitrogens with zero attached hydrogens (tertiary/aromatic N) is 1. The molecule has 0 fully saturated rings. The summed E-state index contributed by atoms with van der Waals surface area (Å²) in [6, 6.07) is 1.43. The molecular weight excluding hydrogens is 190 g/mol. The normalized spacial score (nSPS) is 12.2.